The lowest BCUT2D eigenvalue weighted by Crippen LogP contribution is -2.20. The molecule has 1 amide bonds. The first-order valence-corrected chi connectivity index (χ1v) is 7.85. The normalized spacial score (nSPS) is 11.4. The van der Waals surface area contributed by atoms with E-state index in [0.29, 0.717) is 11.3 Å². The number of nitrogens with one attached hydrogen (secondary N) is 1. The molecule has 0 aliphatic rings. The number of amides is 1. The van der Waals surface area contributed by atoms with Crippen molar-refractivity contribution < 1.29 is 22.7 Å². The van der Waals surface area contributed by atoms with Gasteiger partial charge in [0, 0.05) is 17.3 Å². The molecule has 3 rings (SSSR count). The second-order valence-corrected chi connectivity index (χ2v) is 5.77. The van der Waals surface area contributed by atoms with Crippen molar-refractivity contribution in [1.29, 1.82) is 0 Å². The van der Waals surface area contributed by atoms with Gasteiger partial charge in [-0.1, -0.05) is 29.8 Å². The molecule has 8 heteroatoms. The number of carbonyl (C=O) groups is 1. The van der Waals surface area contributed by atoms with E-state index < -0.39 is 22.7 Å². The van der Waals surface area contributed by atoms with Crippen LogP contribution in [-0.4, -0.2) is 17.5 Å². The van der Waals surface area contributed by atoms with Crippen molar-refractivity contribution in [2.24, 2.45) is 0 Å². The molecule has 0 unspecified atom stereocenters. The van der Waals surface area contributed by atoms with Gasteiger partial charge < -0.3 is 10.1 Å². The maximum Gasteiger partial charge on any atom is 0.417 e. The van der Waals surface area contributed by atoms with E-state index in [9.17, 15) is 18.0 Å². The van der Waals surface area contributed by atoms with E-state index in [1.807, 2.05) is 12.1 Å². The minimum absolute atomic E-state index is 0.0219. The fourth-order valence-electron chi connectivity index (χ4n) is 2.35. The fraction of sp³-hybridized carbons (Fsp3) is 0.111. The summed E-state index contributed by atoms with van der Waals surface area (Å²) in [5, 5.41) is 2.77. The Balaban J connectivity index is 1.70. The van der Waals surface area contributed by atoms with Gasteiger partial charge in [-0.05, 0) is 30.3 Å². The Morgan fingerprint density at radius 2 is 1.92 bits per heavy atom. The minimum Gasteiger partial charge on any atom is -0.481 e. The van der Waals surface area contributed by atoms with Crippen molar-refractivity contribution in [2.75, 3.05) is 11.9 Å². The summed E-state index contributed by atoms with van der Waals surface area (Å²) < 4.78 is 44.0. The maximum atomic E-state index is 12.9. The summed E-state index contributed by atoms with van der Waals surface area (Å²) >= 11 is 5.55. The van der Waals surface area contributed by atoms with Crippen molar-refractivity contribution in [2.45, 2.75) is 6.18 Å². The van der Waals surface area contributed by atoms with Crippen LogP contribution in [0.4, 0.5) is 18.9 Å². The third-order valence-corrected chi connectivity index (χ3v) is 3.84. The number of fused-ring (bicyclic) bond motifs is 1. The van der Waals surface area contributed by atoms with E-state index in [1.54, 1.807) is 24.4 Å². The van der Waals surface area contributed by atoms with Gasteiger partial charge in [0.05, 0.1) is 10.6 Å². The highest BCUT2D eigenvalue weighted by Gasteiger charge is 2.33. The Morgan fingerprint density at radius 1 is 1.15 bits per heavy atom. The first-order chi connectivity index (χ1) is 12.3. The monoisotopic (exact) mass is 380 g/mol. The van der Waals surface area contributed by atoms with Gasteiger partial charge in [0.25, 0.3) is 5.91 Å². The van der Waals surface area contributed by atoms with Crippen LogP contribution in [0.1, 0.15) is 5.56 Å². The van der Waals surface area contributed by atoms with Gasteiger partial charge in [-0.2, -0.15) is 13.2 Å². The van der Waals surface area contributed by atoms with E-state index in [-0.39, 0.29) is 12.3 Å². The van der Waals surface area contributed by atoms with Gasteiger partial charge in [-0.15, -0.1) is 0 Å². The highest BCUT2D eigenvalue weighted by atomic mass is 35.5. The predicted octanol–water partition coefficient (Wildman–Crippen LogP) is 4.92. The minimum atomic E-state index is -4.61. The van der Waals surface area contributed by atoms with Crippen molar-refractivity contribution >= 4 is 34.1 Å². The standard InChI is InChI=1S/C18H12ClF3N2O2/c19-14-7-6-12(9-13(14)18(20,21)22)24-16(25)10-26-15-5-1-3-11-4-2-8-23-17(11)15/h1-9H,10H2,(H,24,25). The number of alkyl halides is 3. The molecule has 0 aliphatic heterocycles. The molecular formula is C18H12ClF3N2O2. The van der Waals surface area contributed by atoms with E-state index >= 15 is 0 Å². The molecule has 1 aromatic heterocycles. The highest BCUT2D eigenvalue weighted by molar-refractivity contribution is 6.31. The van der Waals surface area contributed by atoms with Gasteiger partial charge in [0.1, 0.15) is 11.3 Å². The zero-order valence-electron chi connectivity index (χ0n) is 13.2. The SMILES string of the molecule is O=C(COc1cccc2cccnc12)Nc1ccc(Cl)c(C(F)(F)F)c1. The smallest absolute Gasteiger partial charge is 0.417 e. The molecule has 0 aliphatic carbocycles. The van der Waals surface area contributed by atoms with Gasteiger partial charge >= 0.3 is 6.18 Å². The quantitative estimate of drug-likeness (QED) is 0.698. The number of benzene rings is 2. The molecule has 0 atom stereocenters. The average molecular weight is 381 g/mol. The molecule has 1 N–H and O–H groups in total. The zero-order valence-corrected chi connectivity index (χ0v) is 13.9. The number of hydrogen-bond acceptors (Lipinski definition) is 3. The average Bonchev–Trinajstić information content (AvgIpc) is 2.60. The maximum absolute atomic E-state index is 12.9. The van der Waals surface area contributed by atoms with Crippen LogP contribution in [0.2, 0.25) is 5.02 Å². The Morgan fingerprint density at radius 3 is 2.69 bits per heavy atom. The topological polar surface area (TPSA) is 51.2 Å². The number of nitrogens with zero attached hydrogens (tertiary/aromatic N) is 1. The molecule has 4 nitrogen and oxygen atoms in total. The molecule has 0 saturated heterocycles. The number of para-hydroxylation sites is 1. The van der Waals surface area contributed by atoms with Gasteiger partial charge in [-0.3, -0.25) is 9.78 Å². The van der Waals surface area contributed by atoms with Crippen molar-refractivity contribution in [3.63, 3.8) is 0 Å². The first-order valence-electron chi connectivity index (χ1n) is 7.48. The number of rotatable bonds is 4. The number of carbonyl (C=O) groups excluding carboxylic acids is 1. The van der Waals surface area contributed by atoms with Crippen LogP contribution >= 0.6 is 11.6 Å². The van der Waals surface area contributed by atoms with E-state index in [0.717, 1.165) is 17.5 Å². The third kappa shape index (κ3) is 4.05. The first kappa shape index (κ1) is 18.0. The largest absolute Gasteiger partial charge is 0.481 e. The fourth-order valence-corrected chi connectivity index (χ4v) is 2.58. The molecule has 0 fully saturated rings. The molecule has 3 aromatic rings. The Hall–Kier alpha value is -2.80. The predicted molar refractivity (Wildman–Crippen MR) is 92.3 cm³/mol. The third-order valence-electron chi connectivity index (χ3n) is 3.51. The van der Waals surface area contributed by atoms with Gasteiger partial charge in [0.2, 0.25) is 0 Å². The summed E-state index contributed by atoms with van der Waals surface area (Å²) in [5.74, 6) is -0.196. The number of halogens is 4. The number of anilines is 1. The molecule has 0 bridgehead atoms. The van der Waals surface area contributed by atoms with Crippen molar-refractivity contribution in [3.05, 3.63) is 65.3 Å². The van der Waals surface area contributed by atoms with Gasteiger partial charge in [-0.25, -0.2) is 0 Å². The van der Waals surface area contributed by atoms with Crippen LogP contribution in [0.5, 0.6) is 5.75 Å². The summed E-state index contributed by atoms with van der Waals surface area (Å²) in [7, 11) is 0. The van der Waals surface area contributed by atoms with Gasteiger partial charge in [0.15, 0.2) is 6.61 Å². The van der Waals surface area contributed by atoms with E-state index in [4.69, 9.17) is 16.3 Å². The highest BCUT2D eigenvalue weighted by Crippen LogP contribution is 2.36. The van der Waals surface area contributed by atoms with E-state index in [2.05, 4.69) is 10.3 Å². The van der Waals surface area contributed by atoms with Crippen LogP contribution in [0, 0.1) is 0 Å². The van der Waals surface area contributed by atoms with Crippen LogP contribution in [0.25, 0.3) is 10.9 Å². The second kappa shape index (κ2) is 7.21. The summed E-state index contributed by atoms with van der Waals surface area (Å²) in [6, 6.07) is 12.0. The molecule has 134 valence electrons. The lowest BCUT2D eigenvalue weighted by molar-refractivity contribution is -0.137. The molecule has 0 radical (unpaired) electrons. The summed E-state index contributed by atoms with van der Waals surface area (Å²) in [5.41, 5.74) is -0.448. The number of aromatic nitrogens is 1. The van der Waals surface area contributed by atoms with Crippen molar-refractivity contribution in [3.8, 4) is 5.75 Å². The summed E-state index contributed by atoms with van der Waals surface area (Å²) in [4.78, 5) is 16.2. The lowest BCUT2D eigenvalue weighted by Gasteiger charge is -2.12. The Labute approximate surface area is 151 Å². The number of pyridine rings is 1. The van der Waals surface area contributed by atoms with E-state index in [1.165, 1.54) is 6.07 Å². The Bertz CT molecular complexity index is 955. The van der Waals surface area contributed by atoms with Crippen LogP contribution in [-0.2, 0) is 11.0 Å². The molecule has 1 heterocycles. The lowest BCUT2D eigenvalue weighted by atomic mass is 10.2. The molecule has 0 spiro atoms. The summed E-state index contributed by atoms with van der Waals surface area (Å²) in [6.07, 6.45) is -3.01. The number of ether oxygens (including phenoxy) is 1. The molecule has 26 heavy (non-hydrogen) atoms. The van der Waals surface area contributed by atoms with Crippen LogP contribution in [0.15, 0.2) is 54.7 Å². The molecular weight excluding hydrogens is 369 g/mol. The number of hydrogen-bond donors (Lipinski definition) is 1. The van der Waals surface area contributed by atoms with Crippen molar-refractivity contribution in [1.82, 2.24) is 4.98 Å². The summed E-state index contributed by atoms with van der Waals surface area (Å²) in [6.45, 7) is -0.375. The second-order valence-electron chi connectivity index (χ2n) is 5.36. The van der Waals surface area contributed by atoms with Crippen LogP contribution < -0.4 is 10.1 Å². The molecule has 0 saturated carbocycles. The Kier molecular flexibility index (Phi) is 4.99. The zero-order chi connectivity index (χ0) is 18.7. The molecule has 2 aromatic carbocycles. The van der Waals surface area contributed by atoms with Crippen LogP contribution in [0.3, 0.4) is 0 Å².